The maximum atomic E-state index is 8.61. The van der Waals surface area contributed by atoms with Gasteiger partial charge in [0, 0.05) is 44.8 Å². The molecule has 0 spiro atoms. The van der Waals surface area contributed by atoms with Crippen LogP contribution >= 0.6 is 24.8 Å². The summed E-state index contributed by atoms with van der Waals surface area (Å²) in [4.78, 5) is 4.85. The molecular formula is C22H40Cl2N2O7. The summed E-state index contributed by atoms with van der Waals surface area (Å²) in [6, 6.07) is 3.97. The highest BCUT2D eigenvalue weighted by Crippen LogP contribution is 2.40. The molecule has 0 aromatic heterocycles. The van der Waals surface area contributed by atoms with Crippen LogP contribution in [0.1, 0.15) is 5.56 Å². The van der Waals surface area contributed by atoms with E-state index in [1.807, 2.05) is 12.1 Å². The molecule has 1 aliphatic heterocycles. The van der Waals surface area contributed by atoms with Gasteiger partial charge in [-0.3, -0.25) is 9.80 Å². The zero-order valence-electron chi connectivity index (χ0n) is 20.0. The molecule has 33 heavy (non-hydrogen) atoms. The van der Waals surface area contributed by atoms with E-state index < -0.39 is 0 Å². The molecule has 1 N–H and O–H groups in total. The van der Waals surface area contributed by atoms with Crippen LogP contribution in [0.15, 0.2) is 12.1 Å². The second kappa shape index (κ2) is 19.3. The van der Waals surface area contributed by atoms with Crippen LogP contribution in [0, 0.1) is 0 Å². The second-order valence-corrected chi connectivity index (χ2v) is 7.17. The van der Waals surface area contributed by atoms with Crippen molar-refractivity contribution in [2.24, 2.45) is 0 Å². The largest absolute Gasteiger partial charge is 0.493 e. The molecule has 2 rings (SSSR count). The zero-order valence-corrected chi connectivity index (χ0v) is 21.6. The highest BCUT2D eigenvalue weighted by molar-refractivity contribution is 5.85. The van der Waals surface area contributed by atoms with Crippen molar-refractivity contribution < 1.29 is 33.5 Å². The number of hydrogen-bond acceptors (Lipinski definition) is 9. The number of benzene rings is 1. The Hall–Kier alpha value is -1.04. The molecule has 1 aromatic rings. The van der Waals surface area contributed by atoms with Gasteiger partial charge in [-0.15, -0.1) is 24.8 Å². The van der Waals surface area contributed by atoms with Crippen LogP contribution in [0.2, 0.25) is 0 Å². The molecule has 194 valence electrons. The third-order valence-electron chi connectivity index (χ3n) is 5.18. The minimum absolute atomic E-state index is 0. The van der Waals surface area contributed by atoms with Gasteiger partial charge < -0.3 is 33.5 Å². The van der Waals surface area contributed by atoms with Crippen LogP contribution in [-0.2, 0) is 20.8 Å². The average molecular weight is 515 g/mol. The van der Waals surface area contributed by atoms with E-state index in [0.717, 1.165) is 50.6 Å². The van der Waals surface area contributed by atoms with Crippen molar-refractivity contribution in [1.29, 1.82) is 0 Å². The minimum atomic E-state index is 0. The standard InChI is InChI=1S/C22H38N2O7.2ClH/c1-26-20-5-4-19(21(27-2)22(20)28-3)18-24-8-6-23(7-9-24)10-12-29-14-16-31-17-15-30-13-11-25;;/h4-5,25H,6-18H2,1-3H3;2*1H. The number of hydrogen-bond donors (Lipinski definition) is 1. The lowest BCUT2D eigenvalue weighted by atomic mass is 10.1. The Balaban J connectivity index is 0.00000512. The van der Waals surface area contributed by atoms with E-state index in [1.165, 1.54) is 0 Å². The van der Waals surface area contributed by atoms with Gasteiger partial charge in [-0.25, -0.2) is 0 Å². The fourth-order valence-corrected chi connectivity index (χ4v) is 3.50. The fourth-order valence-electron chi connectivity index (χ4n) is 3.50. The summed E-state index contributed by atoms with van der Waals surface area (Å²) in [5.74, 6) is 2.05. The molecular weight excluding hydrogens is 475 g/mol. The first-order valence-electron chi connectivity index (χ1n) is 10.8. The maximum Gasteiger partial charge on any atom is 0.203 e. The lowest BCUT2D eigenvalue weighted by Gasteiger charge is -2.35. The Bertz CT molecular complexity index is 621. The van der Waals surface area contributed by atoms with Crippen molar-refractivity contribution in [3.63, 3.8) is 0 Å². The second-order valence-electron chi connectivity index (χ2n) is 7.17. The van der Waals surface area contributed by atoms with Crippen molar-refractivity contribution in [3.05, 3.63) is 17.7 Å². The van der Waals surface area contributed by atoms with Crippen LogP contribution < -0.4 is 14.2 Å². The zero-order chi connectivity index (χ0) is 22.3. The average Bonchev–Trinajstić information content (AvgIpc) is 2.80. The van der Waals surface area contributed by atoms with Gasteiger partial charge in [0.15, 0.2) is 11.5 Å². The van der Waals surface area contributed by atoms with E-state index in [4.69, 9.17) is 33.5 Å². The lowest BCUT2D eigenvalue weighted by Crippen LogP contribution is -2.46. The van der Waals surface area contributed by atoms with Gasteiger partial charge in [0.2, 0.25) is 5.75 Å². The third kappa shape index (κ3) is 11.3. The van der Waals surface area contributed by atoms with Gasteiger partial charge in [0.25, 0.3) is 0 Å². The predicted octanol–water partition coefficient (Wildman–Crippen LogP) is 1.72. The van der Waals surface area contributed by atoms with E-state index in [0.29, 0.717) is 51.1 Å². The molecule has 0 saturated carbocycles. The first-order chi connectivity index (χ1) is 15.2. The van der Waals surface area contributed by atoms with Gasteiger partial charge in [0.05, 0.1) is 67.6 Å². The Morgan fingerprint density at radius 1 is 0.697 bits per heavy atom. The van der Waals surface area contributed by atoms with Crippen molar-refractivity contribution >= 4 is 24.8 Å². The van der Waals surface area contributed by atoms with Crippen molar-refractivity contribution in [2.75, 3.05) is 100 Å². The van der Waals surface area contributed by atoms with E-state index in [9.17, 15) is 0 Å². The Kier molecular flexibility index (Phi) is 18.7. The Morgan fingerprint density at radius 2 is 1.24 bits per heavy atom. The summed E-state index contributed by atoms with van der Waals surface area (Å²) < 4.78 is 32.7. The van der Waals surface area contributed by atoms with Crippen LogP contribution in [0.5, 0.6) is 17.2 Å². The SMILES string of the molecule is COc1ccc(CN2CCN(CCOCCOCCOCCO)CC2)c(OC)c1OC.Cl.Cl. The number of aliphatic hydroxyl groups excluding tert-OH is 1. The Morgan fingerprint density at radius 3 is 1.79 bits per heavy atom. The molecule has 11 heteroatoms. The van der Waals surface area contributed by atoms with Gasteiger partial charge in [-0.05, 0) is 6.07 Å². The summed E-state index contributed by atoms with van der Waals surface area (Å²) >= 11 is 0. The number of methoxy groups -OCH3 is 3. The van der Waals surface area contributed by atoms with Crippen molar-refractivity contribution in [2.45, 2.75) is 6.54 Å². The van der Waals surface area contributed by atoms with Crippen LogP contribution in [-0.4, -0.2) is 115 Å². The van der Waals surface area contributed by atoms with Gasteiger partial charge >= 0.3 is 0 Å². The van der Waals surface area contributed by atoms with Gasteiger partial charge in [-0.2, -0.15) is 0 Å². The number of nitrogens with zero attached hydrogens (tertiary/aromatic N) is 2. The summed E-state index contributed by atoms with van der Waals surface area (Å²) in [6.45, 7) is 9.02. The quantitative estimate of drug-likeness (QED) is 0.331. The summed E-state index contributed by atoms with van der Waals surface area (Å²) in [5, 5.41) is 8.61. The van der Waals surface area contributed by atoms with Crippen molar-refractivity contribution in [1.82, 2.24) is 9.80 Å². The molecule has 9 nitrogen and oxygen atoms in total. The van der Waals surface area contributed by atoms with E-state index >= 15 is 0 Å². The molecule has 0 aliphatic carbocycles. The molecule has 0 radical (unpaired) electrons. The van der Waals surface area contributed by atoms with Crippen LogP contribution in [0.4, 0.5) is 0 Å². The molecule has 1 aliphatic rings. The normalized spacial score (nSPS) is 14.3. The molecule has 1 saturated heterocycles. The number of halogens is 2. The van der Waals surface area contributed by atoms with Gasteiger partial charge in [0.1, 0.15) is 0 Å². The number of piperazine rings is 1. The number of rotatable bonds is 16. The predicted molar refractivity (Wildman–Crippen MR) is 132 cm³/mol. The molecule has 0 amide bonds. The van der Waals surface area contributed by atoms with E-state index in [-0.39, 0.29) is 31.4 Å². The highest BCUT2D eigenvalue weighted by Gasteiger charge is 2.21. The first kappa shape index (κ1) is 32.0. The van der Waals surface area contributed by atoms with Crippen LogP contribution in [0.3, 0.4) is 0 Å². The number of ether oxygens (including phenoxy) is 6. The smallest absolute Gasteiger partial charge is 0.203 e. The Labute approximate surface area is 210 Å². The summed E-state index contributed by atoms with van der Waals surface area (Å²) in [6.07, 6.45) is 0. The van der Waals surface area contributed by atoms with E-state index in [1.54, 1.807) is 21.3 Å². The molecule has 0 atom stereocenters. The first-order valence-corrected chi connectivity index (χ1v) is 10.8. The highest BCUT2D eigenvalue weighted by atomic mass is 35.5. The number of aliphatic hydroxyl groups is 1. The molecule has 1 heterocycles. The third-order valence-corrected chi connectivity index (χ3v) is 5.18. The minimum Gasteiger partial charge on any atom is -0.493 e. The topological polar surface area (TPSA) is 82.1 Å². The lowest BCUT2D eigenvalue weighted by molar-refractivity contribution is 0.00244. The molecule has 1 fully saturated rings. The van der Waals surface area contributed by atoms with Crippen molar-refractivity contribution in [3.8, 4) is 17.2 Å². The fraction of sp³-hybridized carbons (Fsp3) is 0.727. The molecule has 0 bridgehead atoms. The van der Waals surface area contributed by atoms with Gasteiger partial charge in [-0.1, -0.05) is 6.07 Å². The molecule has 1 aromatic carbocycles. The summed E-state index contributed by atoms with van der Waals surface area (Å²) in [5.41, 5.74) is 1.10. The van der Waals surface area contributed by atoms with E-state index in [2.05, 4.69) is 9.80 Å². The molecule has 0 unspecified atom stereocenters. The van der Waals surface area contributed by atoms with Crippen LogP contribution in [0.25, 0.3) is 0 Å². The monoisotopic (exact) mass is 514 g/mol. The maximum absolute atomic E-state index is 8.61. The summed E-state index contributed by atoms with van der Waals surface area (Å²) in [7, 11) is 4.92.